The van der Waals surface area contributed by atoms with Gasteiger partial charge in [-0.1, -0.05) is 36.4 Å². The average molecular weight is 288 g/mol. The zero-order valence-electron chi connectivity index (χ0n) is 10.6. The van der Waals surface area contributed by atoms with E-state index < -0.39 is 10.1 Å². The molecule has 1 aromatic rings. The van der Waals surface area contributed by atoms with Crippen LogP contribution in [0.25, 0.3) is 0 Å². The van der Waals surface area contributed by atoms with E-state index in [2.05, 4.69) is 10.2 Å². The molecule has 102 valence electrons. The molecule has 0 saturated carbocycles. The second-order valence-electron chi connectivity index (χ2n) is 4.34. The smallest absolute Gasteiger partial charge is 0.361 e. The summed E-state index contributed by atoms with van der Waals surface area (Å²) in [4.78, 5) is 0. The maximum atomic E-state index is 12.2. The SMILES string of the molecule is O=S(=O)(Oc1ccccc1)C1=C(C2=CCCC=C2)N=N1. The third kappa shape index (κ3) is 2.42. The standard InChI is InChI=1S/C14H12N2O3S/c17-20(18,19-12-9-5-2-6-10-12)14-13(15-16-14)11-7-3-1-4-8-11/h2-3,5-10H,1,4H2. The van der Waals surface area contributed by atoms with Gasteiger partial charge in [0.1, 0.15) is 11.4 Å². The van der Waals surface area contributed by atoms with Gasteiger partial charge >= 0.3 is 10.1 Å². The Morgan fingerprint density at radius 1 is 1.05 bits per heavy atom. The molecule has 1 heterocycles. The number of nitrogens with zero attached hydrogens (tertiary/aromatic N) is 2. The fourth-order valence-corrected chi connectivity index (χ4v) is 2.90. The number of allylic oxidation sites excluding steroid dienone is 3. The summed E-state index contributed by atoms with van der Waals surface area (Å²) in [7, 11) is -3.93. The highest BCUT2D eigenvalue weighted by molar-refractivity contribution is 7.91. The van der Waals surface area contributed by atoms with Crippen LogP contribution in [0.4, 0.5) is 0 Å². The summed E-state index contributed by atoms with van der Waals surface area (Å²) in [5.41, 5.74) is 1.15. The van der Waals surface area contributed by atoms with Crippen LogP contribution in [0.5, 0.6) is 5.75 Å². The predicted octanol–water partition coefficient (Wildman–Crippen LogP) is 3.31. The van der Waals surface area contributed by atoms with Gasteiger partial charge in [0.05, 0.1) is 0 Å². The van der Waals surface area contributed by atoms with Crippen LogP contribution in [0.2, 0.25) is 0 Å². The lowest BCUT2D eigenvalue weighted by Gasteiger charge is -2.16. The Labute approximate surface area is 117 Å². The molecule has 2 aliphatic rings. The van der Waals surface area contributed by atoms with E-state index in [1.54, 1.807) is 30.3 Å². The van der Waals surface area contributed by atoms with E-state index in [1.807, 2.05) is 18.2 Å². The van der Waals surface area contributed by atoms with Crippen molar-refractivity contribution >= 4 is 10.1 Å². The molecule has 0 aromatic heterocycles. The van der Waals surface area contributed by atoms with Crippen molar-refractivity contribution < 1.29 is 12.6 Å². The number of benzene rings is 1. The molecule has 1 aliphatic carbocycles. The van der Waals surface area contributed by atoms with E-state index in [1.165, 1.54) is 0 Å². The molecular formula is C14H12N2O3S. The Morgan fingerprint density at radius 3 is 2.45 bits per heavy atom. The summed E-state index contributed by atoms with van der Waals surface area (Å²) >= 11 is 0. The largest absolute Gasteiger partial charge is 0.378 e. The van der Waals surface area contributed by atoms with Crippen molar-refractivity contribution in [3.63, 3.8) is 0 Å². The van der Waals surface area contributed by atoms with Gasteiger partial charge in [-0.3, -0.25) is 0 Å². The molecule has 0 fully saturated rings. The minimum atomic E-state index is -3.93. The van der Waals surface area contributed by atoms with Crippen LogP contribution < -0.4 is 4.18 Å². The first kappa shape index (κ1) is 12.8. The molecule has 20 heavy (non-hydrogen) atoms. The normalized spacial score (nSPS) is 17.7. The van der Waals surface area contributed by atoms with Gasteiger partial charge in [-0.05, 0) is 25.0 Å². The second-order valence-corrected chi connectivity index (χ2v) is 5.81. The van der Waals surface area contributed by atoms with E-state index in [9.17, 15) is 8.42 Å². The molecule has 6 heteroatoms. The summed E-state index contributed by atoms with van der Waals surface area (Å²) in [5.74, 6) is 0.259. The quantitative estimate of drug-likeness (QED) is 0.798. The number of para-hydroxylation sites is 1. The highest BCUT2D eigenvalue weighted by Gasteiger charge is 2.31. The van der Waals surface area contributed by atoms with Gasteiger partial charge in [0.2, 0.25) is 5.03 Å². The van der Waals surface area contributed by atoms with Gasteiger partial charge in [-0.15, -0.1) is 10.2 Å². The number of hydrogen-bond acceptors (Lipinski definition) is 5. The van der Waals surface area contributed by atoms with Gasteiger partial charge in [-0.2, -0.15) is 8.42 Å². The average Bonchev–Trinajstić information content (AvgIpc) is 2.38. The molecule has 5 nitrogen and oxygen atoms in total. The third-order valence-electron chi connectivity index (χ3n) is 2.90. The molecule has 0 unspecified atom stereocenters. The maximum absolute atomic E-state index is 12.2. The fraction of sp³-hybridized carbons (Fsp3) is 0.143. The van der Waals surface area contributed by atoms with E-state index in [4.69, 9.17) is 4.18 Å². The van der Waals surface area contributed by atoms with E-state index in [0.717, 1.165) is 18.4 Å². The number of azo groups is 1. The highest BCUT2D eigenvalue weighted by atomic mass is 32.2. The van der Waals surface area contributed by atoms with Crippen LogP contribution in [-0.4, -0.2) is 8.42 Å². The minimum absolute atomic E-state index is 0.112. The molecular weight excluding hydrogens is 276 g/mol. The zero-order chi connectivity index (χ0) is 14.0. The van der Waals surface area contributed by atoms with Gasteiger partial charge in [-0.25, -0.2) is 0 Å². The Balaban J connectivity index is 1.88. The minimum Gasteiger partial charge on any atom is -0.378 e. The molecule has 0 radical (unpaired) electrons. The monoisotopic (exact) mass is 288 g/mol. The van der Waals surface area contributed by atoms with Crippen LogP contribution in [0.1, 0.15) is 12.8 Å². The van der Waals surface area contributed by atoms with Crippen LogP contribution in [0, 0.1) is 0 Å². The second kappa shape index (κ2) is 5.05. The van der Waals surface area contributed by atoms with Crippen molar-refractivity contribution in [2.75, 3.05) is 0 Å². The Bertz CT molecular complexity index is 744. The molecule has 0 N–H and O–H groups in total. The van der Waals surface area contributed by atoms with Gasteiger partial charge in [0.25, 0.3) is 0 Å². The van der Waals surface area contributed by atoms with E-state index in [-0.39, 0.29) is 10.8 Å². The molecule has 0 saturated heterocycles. The molecule has 0 spiro atoms. The molecule has 0 bridgehead atoms. The Morgan fingerprint density at radius 2 is 1.85 bits per heavy atom. The summed E-state index contributed by atoms with van der Waals surface area (Å²) in [6, 6.07) is 8.34. The topological polar surface area (TPSA) is 68.1 Å². The third-order valence-corrected chi connectivity index (χ3v) is 4.06. The van der Waals surface area contributed by atoms with E-state index >= 15 is 0 Å². The van der Waals surface area contributed by atoms with Gasteiger partial charge in [0.15, 0.2) is 0 Å². The number of hydrogen-bond donors (Lipinski definition) is 0. The van der Waals surface area contributed by atoms with Gasteiger partial charge in [0, 0.05) is 5.57 Å². The Kier molecular flexibility index (Phi) is 3.23. The van der Waals surface area contributed by atoms with Crippen LogP contribution in [0.3, 0.4) is 0 Å². The van der Waals surface area contributed by atoms with Crippen LogP contribution in [-0.2, 0) is 10.1 Å². The molecule has 0 atom stereocenters. The Hall–Kier alpha value is -2.21. The lowest BCUT2D eigenvalue weighted by molar-refractivity contribution is 0.490. The van der Waals surface area contributed by atoms with Crippen molar-refractivity contribution in [2.24, 2.45) is 10.2 Å². The maximum Gasteiger partial charge on any atom is 0.361 e. The first-order chi connectivity index (χ1) is 9.67. The first-order valence-electron chi connectivity index (χ1n) is 6.19. The van der Waals surface area contributed by atoms with Crippen molar-refractivity contribution in [1.82, 2.24) is 0 Å². The zero-order valence-corrected chi connectivity index (χ0v) is 11.4. The summed E-state index contributed by atoms with van der Waals surface area (Å²) < 4.78 is 29.3. The highest BCUT2D eigenvalue weighted by Crippen LogP contribution is 2.33. The fourth-order valence-electron chi connectivity index (χ4n) is 1.92. The molecule has 1 aliphatic heterocycles. The van der Waals surface area contributed by atoms with Crippen molar-refractivity contribution in [3.05, 3.63) is 64.9 Å². The summed E-state index contributed by atoms with van der Waals surface area (Å²) in [6.07, 6.45) is 7.62. The number of rotatable bonds is 4. The molecule has 3 rings (SSSR count). The first-order valence-corrected chi connectivity index (χ1v) is 7.60. The van der Waals surface area contributed by atoms with Gasteiger partial charge < -0.3 is 4.18 Å². The van der Waals surface area contributed by atoms with E-state index in [0.29, 0.717) is 5.70 Å². The summed E-state index contributed by atoms with van der Waals surface area (Å²) in [6.45, 7) is 0. The summed E-state index contributed by atoms with van der Waals surface area (Å²) in [5, 5.41) is 7.31. The van der Waals surface area contributed by atoms with Crippen molar-refractivity contribution in [1.29, 1.82) is 0 Å². The molecule has 1 aromatic carbocycles. The van der Waals surface area contributed by atoms with Crippen LogP contribution in [0.15, 0.2) is 75.1 Å². The van der Waals surface area contributed by atoms with Crippen molar-refractivity contribution in [3.8, 4) is 5.75 Å². The van der Waals surface area contributed by atoms with Crippen molar-refractivity contribution in [2.45, 2.75) is 12.8 Å². The van der Waals surface area contributed by atoms with Crippen LogP contribution >= 0.6 is 0 Å². The molecule has 0 amide bonds. The lowest BCUT2D eigenvalue weighted by atomic mass is 10.0. The lowest BCUT2D eigenvalue weighted by Crippen LogP contribution is -2.16. The predicted molar refractivity (Wildman–Crippen MR) is 74.3 cm³/mol.